The highest BCUT2D eigenvalue weighted by atomic mass is 16.3. The molecule has 74 valence electrons. The Morgan fingerprint density at radius 3 is 2.93 bits per heavy atom. The van der Waals surface area contributed by atoms with Crippen molar-refractivity contribution < 1.29 is 5.11 Å². The second kappa shape index (κ2) is 3.12. The van der Waals surface area contributed by atoms with Gasteiger partial charge < -0.3 is 15.8 Å². The van der Waals surface area contributed by atoms with E-state index in [0.717, 1.165) is 16.5 Å². The fraction of sp³-hybridized carbons (Fsp3) is 0.273. The van der Waals surface area contributed by atoms with Gasteiger partial charge in [0.2, 0.25) is 0 Å². The number of aliphatic hydroxyl groups is 1. The van der Waals surface area contributed by atoms with Gasteiger partial charge >= 0.3 is 0 Å². The van der Waals surface area contributed by atoms with E-state index < -0.39 is 5.54 Å². The van der Waals surface area contributed by atoms with Crippen molar-refractivity contribution in [2.45, 2.75) is 12.5 Å². The van der Waals surface area contributed by atoms with Gasteiger partial charge in [-0.25, -0.2) is 0 Å². The molecule has 1 unspecified atom stereocenters. The summed E-state index contributed by atoms with van der Waals surface area (Å²) in [6.45, 7) is 1.77. The Bertz CT molecular complexity index is 445. The predicted octanol–water partition coefficient (Wildman–Crippen LogP) is 1.33. The Labute approximate surface area is 82.6 Å². The Morgan fingerprint density at radius 1 is 1.43 bits per heavy atom. The Balaban J connectivity index is 2.53. The highest BCUT2D eigenvalue weighted by Gasteiger charge is 2.19. The molecule has 0 radical (unpaired) electrons. The summed E-state index contributed by atoms with van der Waals surface area (Å²) in [4.78, 5) is 3.11. The molecule has 4 N–H and O–H groups in total. The molecule has 0 aliphatic heterocycles. The predicted molar refractivity (Wildman–Crippen MR) is 56.9 cm³/mol. The first-order chi connectivity index (χ1) is 6.63. The number of H-pyrrole nitrogens is 1. The van der Waals surface area contributed by atoms with Crippen LogP contribution < -0.4 is 5.73 Å². The first kappa shape index (κ1) is 9.24. The number of hydrogen-bond acceptors (Lipinski definition) is 2. The van der Waals surface area contributed by atoms with Crippen LogP contribution in [0, 0.1) is 0 Å². The molecule has 0 spiro atoms. The molecule has 1 aromatic carbocycles. The van der Waals surface area contributed by atoms with Gasteiger partial charge in [0, 0.05) is 11.7 Å². The van der Waals surface area contributed by atoms with Crippen LogP contribution in [-0.4, -0.2) is 16.7 Å². The highest BCUT2D eigenvalue weighted by Crippen LogP contribution is 2.21. The first-order valence-corrected chi connectivity index (χ1v) is 4.61. The molecule has 0 bridgehead atoms. The van der Waals surface area contributed by atoms with Crippen LogP contribution in [-0.2, 0) is 5.54 Å². The summed E-state index contributed by atoms with van der Waals surface area (Å²) in [6.07, 6.45) is 1.89. The van der Waals surface area contributed by atoms with Crippen molar-refractivity contribution in [2.75, 3.05) is 6.61 Å². The Hall–Kier alpha value is -1.32. The zero-order valence-corrected chi connectivity index (χ0v) is 8.12. The minimum absolute atomic E-state index is 0.0526. The van der Waals surface area contributed by atoms with Crippen molar-refractivity contribution in [1.82, 2.24) is 4.98 Å². The van der Waals surface area contributed by atoms with Crippen LogP contribution >= 0.6 is 0 Å². The number of rotatable bonds is 2. The van der Waals surface area contributed by atoms with Crippen LogP contribution in [0.1, 0.15) is 12.5 Å². The van der Waals surface area contributed by atoms with Crippen molar-refractivity contribution in [2.24, 2.45) is 5.73 Å². The number of benzene rings is 1. The molecule has 1 heterocycles. The van der Waals surface area contributed by atoms with E-state index >= 15 is 0 Å². The molecule has 1 atom stereocenters. The number of aliphatic hydroxyl groups excluding tert-OH is 1. The molecule has 2 aromatic rings. The molecule has 3 heteroatoms. The highest BCUT2D eigenvalue weighted by molar-refractivity contribution is 5.80. The fourth-order valence-electron chi connectivity index (χ4n) is 1.50. The van der Waals surface area contributed by atoms with Crippen LogP contribution in [0.5, 0.6) is 0 Å². The standard InChI is InChI=1S/C11H14N2O/c1-11(12,7-14)9-2-3-10-8(6-9)4-5-13-10/h2-6,13-14H,7,12H2,1H3. The SMILES string of the molecule is CC(N)(CO)c1ccc2[nH]ccc2c1. The number of nitrogens with one attached hydrogen (secondary N) is 1. The van der Waals surface area contributed by atoms with Crippen molar-refractivity contribution >= 4 is 10.9 Å². The molecule has 0 amide bonds. The van der Waals surface area contributed by atoms with Crippen molar-refractivity contribution in [3.05, 3.63) is 36.0 Å². The molecule has 3 nitrogen and oxygen atoms in total. The zero-order chi connectivity index (χ0) is 10.2. The molecule has 0 fully saturated rings. The summed E-state index contributed by atoms with van der Waals surface area (Å²) in [6, 6.07) is 7.91. The van der Waals surface area contributed by atoms with Crippen molar-refractivity contribution in [1.29, 1.82) is 0 Å². The maximum Gasteiger partial charge on any atom is 0.0650 e. The maximum atomic E-state index is 9.14. The van der Waals surface area contributed by atoms with E-state index in [-0.39, 0.29) is 6.61 Å². The van der Waals surface area contributed by atoms with Gasteiger partial charge in [0.15, 0.2) is 0 Å². The van der Waals surface area contributed by atoms with E-state index in [9.17, 15) is 0 Å². The van der Waals surface area contributed by atoms with Crippen LogP contribution in [0.3, 0.4) is 0 Å². The quantitative estimate of drug-likeness (QED) is 0.669. The lowest BCUT2D eigenvalue weighted by molar-refractivity contribution is 0.210. The smallest absolute Gasteiger partial charge is 0.0650 e. The Morgan fingerprint density at radius 2 is 2.21 bits per heavy atom. The van der Waals surface area contributed by atoms with Gasteiger partial charge in [-0.15, -0.1) is 0 Å². The molecular formula is C11H14N2O. The van der Waals surface area contributed by atoms with E-state index in [1.54, 1.807) is 0 Å². The van der Waals surface area contributed by atoms with Gasteiger partial charge in [-0.1, -0.05) is 6.07 Å². The van der Waals surface area contributed by atoms with Crippen LogP contribution in [0.15, 0.2) is 30.5 Å². The third-order valence-corrected chi connectivity index (χ3v) is 2.54. The van der Waals surface area contributed by atoms with Crippen molar-refractivity contribution in [3.8, 4) is 0 Å². The summed E-state index contributed by atoms with van der Waals surface area (Å²) in [5, 5.41) is 10.3. The molecule has 0 aliphatic carbocycles. The number of hydrogen-bond donors (Lipinski definition) is 3. The van der Waals surface area contributed by atoms with Gasteiger partial charge in [-0.3, -0.25) is 0 Å². The van der Waals surface area contributed by atoms with E-state index in [1.165, 1.54) is 0 Å². The van der Waals surface area contributed by atoms with Crippen LogP contribution in [0.2, 0.25) is 0 Å². The lowest BCUT2D eigenvalue weighted by Gasteiger charge is -2.22. The molecular weight excluding hydrogens is 176 g/mol. The number of aromatic amines is 1. The molecule has 0 aliphatic rings. The van der Waals surface area contributed by atoms with Gasteiger partial charge in [0.25, 0.3) is 0 Å². The monoisotopic (exact) mass is 190 g/mol. The van der Waals surface area contributed by atoms with Gasteiger partial charge in [0.05, 0.1) is 12.1 Å². The van der Waals surface area contributed by atoms with Crippen LogP contribution in [0.4, 0.5) is 0 Å². The van der Waals surface area contributed by atoms with E-state index in [2.05, 4.69) is 4.98 Å². The van der Waals surface area contributed by atoms with Crippen molar-refractivity contribution in [3.63, 3.8) is 0 Å². The second-order valence-corrected chi connectivity index (χ2v) is 3.86. The lowest BCUT2D eigenvalue weighted by atomic mass is 9.93. The van der Waals surface area contributed by atoms with E-state index in [0.29, 0.717) is 0 Å². The average molecular weight is 190 g/mol. The topological polar surface area (TPSA) is 62.0 Å². The molecule has 14 heavy (non-hydrogen) atoms. The van der Waals surface area contributed by atoms with Gasteiger partial charge in [0.1, 0.15) is 0 Å². The lowest BCUT2D eigenvalue weighted by Crippen LogP contribution is -2.36. The first-order valence-electron chi connectivity index (χ1n) is 4.61. The van der Waals surface area contributed by atoms with Crippen LogP contribution in [0.25, 0.3) is 10.9 Å². The number of aromatic nitrogens is 1. The summed E-state index contributed by atoms with van der Waals surface area (Å²) in [5.74, 6) is 0. The largest absolute Gasteiger partial charge is 0.394 e. The number of fused-ring (bicyclic) bond motifs is 1. The minimum Gasteiger partial charge on any atom is -0.394 e. The molecule has 0 saturated heterocycles. The summed E-state index contributed by atoms with van der Waals surface area (Å²) in [5.41, 5.74) is 7.31. The fourth-order valence-corrected chi connectivity index (χ4v) is 1.50. The Kier molecular flexibility index (Phi) is 2.06. The molecule has 0 saturated carbocycles. The van der Waals surface area contributed by atoms with E-state index in [4.69, 9.17) is 10.8 Å². The van der Waals surface area contributed by atoms with Gasteiger partial charge in [-0.2, -0.15) is 0 Å². The third-order valence-electron chi connectivity index (χ3n) is 2.54. The molecule has 2 rings (SSSR count). The number of nitrogens with two attached hydrogens (primary N) is 1. The average Bonchev–Trinajstić information content (AvgIpc) is 2.64. The zero-order valence-electron chi connectivity index (χ0n) is 8.12. The second-order valence-electron chi connectivity index (χ2n) is 3.86. The summed E-state index contributed by atoms with van der Waals surface area (Å²) in [7, 11) is 0. The maximum absolute atomic E-state index is 9.14. The molecule has 1 aromatic heterocycles. The van der Waals surface area contributed by atoms with E-state index in [1.807, 2.05) is 37.4 Å². The summed E-state index contributed by atoms with van der Waals surface area (Å²) >= 11 is 0. The minimum atomic E-state index is -0.661. The third kappa shape index (κ3) is 1.41. The van der Waals surface area contributed by atoms with Gasteiger partial charge in [-0.05, 0) is 36.1 Å². The summed E-state index contributed by atoms with van der Waals surface area (Å²) < 4.78 is 0. The normalized spacial score (nSPS) is 15.6.